The first kappa shape index (κ1) is 16.0. The van der Waals surface area contributed by atoms with Gasteiger partial charge in [-0.1, -0.05) is 0 Å². The smallest absolute Gasteiger partial charge is 0.420 e. The average molecular weight is 312 g/mol. The number of oxazole rings is 1. The molecule has 0 fully saturated rings. The second-order valence-corrected chi connectivity index (χ2v) is 5.06. The Hall–Kier alpha value is -2.35. The number of rotatable bonds is 5. The highest BCUT2D eigenvalue weighted by Gasteiger charge is 2.19. The fourth-order valence-corrected chi connectivity index (χ4v) is 2.12. The normalized spacial score (nSPS) is 12.6. The first-order valence-electron chi connectivity index (χ1n) is 6.69. The van der Waals surface area contributed by atoms with Crippen LogP contribution in [0.2, 0.25) is 0 Å². The molecule has 0 saturated heterocycles. The minimum Gasteiger partial charge on any atom is -0.467 e. The quantitative estimate of drug-likeness (QED) is 0.807. The lowest BCUT2D eigenvalue weighted by Gasteiger charge is -2.11. The summed E-state index contributed by atoms with van der Waals surface area (Å²) in [5.41, 5.74) is 0.449. The standard InChI is InChI=1S/C14H17FN2O5/c1-7(2)17-12-9(15)4-8(5-11(12)22-14(17)20)16-6-10(18)13(19)21-3/h4-5,7,10,16,18H,6H2,1-3H3/t10-/m1/s1. The van der Waals surface area contributed by atoms with Crippen LogP contribution >= 0.6 is 0 Å². The number of carbonyl (C=O) groups excluding carboxylic acids is 1. The minimum atomic E-state index is -1.38. The van der Waals surface area contributed by atoms with Gasteiger partial charge in [-0.2, -0.15) is 0 Å². The predicted octanol–water partition coefficient (Wildman–Crippen LogP) is 1.26. The molecule has 22 heavy (non-hydrogen) atoms. The van der Waals surface area contributed by atoms with E-state index in [-0.39, 0.29) is 29.4 Å². The van der Waals surface area contributed by atoms with Gasteiger partial charge in [0.05, 0.1) is 13.7 Å². The zero-order valence-electron chi connectivity index (χ0n) is 12.4. The van der Waals surface area contributed by atoms with E-state index in [0.29, 0.717) is 0 Å². The van der Waals surface area contributed by atoms with Crippen LogP contribution in [0.15, 0.2) is 21.3 Å². The van der Waals surface area contributed by atoms with E-state index >= 15 is 0 Å². The number of hydrogen-bond donors (Lipinski definition) is 2. The van der Waals surface area contributed by atoms with Crippen molar-refractivity contribution in [2.24, 2.45) is 0 Å². The van der Waals surface area contributed by atoms with Crippen molar-refractivity contribution in [3.8, 4) is 0 Å². The maximum absolute atomic E-state index is 14.2. The van der Waals surface area contributed by atoms with E-state index in [2.05, 4.69) is 10.1 Å². The zero-order valence-corrected chi connectivity index (χ0v) is 12.4. The number of nitrogens with zero attached hydrogens (tertiary/aromatic N) is 1. The van der Waals surface area contributed by atoms with Crippen LogP contribution in [0.4, 0.5) is 10.1 Å². The molecular weight excluding hydrogens is 295 g/mol. The Morgan fingerprint density at radius 2 is 2.18 bits per heavy atom. The Bertz CT molecular complexity index is 750. The Morgan fingerprint density at radius 3 is 2.77 bits per heavy atom. The van der Waals surface area contributed by atoms with Crippen LogP contribution in [0.25, 0.3) is 11.1 Å². The molecule has 8 heteroatoms. The highest BCUT2D eigenvalue weighted by molar-refractivity contribution is 5.79. The maximum Gasteiger partial charge on any atom is 0.420 e. The number of anilines is 1. The van der Waals surface area contributed by atoms with Crippen LogP contribution in [0.1, 0.15) is 19.9 Å². The van der Waals surface area contributed by atoms with Crippen molar-refractivity contribution in [3.63, 3.8) is 0 Å². The lowest BCUT2D eigenvalue weighted by molar-refractivity contribution is -0.149. The molecule has 0 spiro atoms. The predicted molar refractivity (Wildman–Crippen MR) is 77.3 cm³/mol. The Kier molecular flexibility index (Phi) is 4.51. The minimum absolute atomic E-state index is 0.0825. The van der Waals surface area contributed by atoms with Crippen molar-refractivity contribution in [1.29, 1.82) is 0 Å². The SMILES string of the molecule is COC(=O)[C@H](O)CNc1cc(F)c2c(c1)oc(=O)n2C(C)C. The van der Waals surface area contributed by atoms with E-state index in [1.807, 2.05) is 0 Å². The second-order valence-electron chi connectivity index (χ2n) is 5.06. The van der Waals surface area contributed by atoms with E-state index in [9.17, 15) is 19.1 Å². The van der Waals surface area contributed by atoms with Gasteiger partial charge in [-0.25, -0.2) is 14.0 Å². The highest BCUT2D eigenvalue weighted by Crippen LogP contribution is 2.24. The number of fused-ring (bicyclic) bond motifs is 1. The fourth-order valence-electron chi connectivity index (χ4n) is 2.12. The molecule has 0 aliphatic rings. The molecule has 0 amide bonds. The van der Waals surface area contributed by atoms with E-state index in [1.165, 1.54) is 16.7 Å². The fraction of sp³-hybridized carbons (Fsp3) is 0.429. The number of nitrogens with one attached hydrogen (secondary N) is 1. The van der Waals surface area contributed by atoms with Crippen molar-refractivity contribution >= 4 is 22.8 Å². The van der Waals surface area contributed by atoms with Crippen molar-refractivity contribution < 1.29 is 23.4 Å². The van der Waals surface area contributed by atoms with Gasteiger partial charge in [0.1, 0.15) is 5.52 Å². The molecule has 1 aromatic heterocycles. The molecule has 120 valence electrons. The largest absolute Gasteiger partial charge is 0.467 e. The first-order chi connectivity index (χ1) is 10.3. The topological polar surface area (TPSA) is 93.7 Å². The van der Waals surface area contributed by atoms with Crippen LogP contribution in [0.3, 0.4) is 0 Å². The van der Waals surface area contributed by atoms with Crippen LogP contribution in [0, 0.1) is 5.82 Å². The molecule has 1 aromatic carbocycles. The number of carbonyl (C=O) groups is 1. The van der Waals surface area contributed by atoms with Crippen molar-refractivity contribution in [3.05, 3.63) is 28.5 Å². The number of halogens is 1. The van der Waals surface area contributed by atoms with Gasteiger partial charge in [-0.3, -0.25) is 4.57 Å². The molecule has 7 nitrogen and oxygen atoms in total. The molecule has 1 atom stereocenters. The molecule has 0 bridgehead atoms. The van der Waals surface area contributed by atoms with Gasteiger partial charge in [0, 0.05) is 17.8 Å². The first-order valence-corrected chi connectivity index (χ1v) is 6.69. The van der Waals surface area contributed by atoms with E-state index < -0.39 is 23.6 Å². The third-order valence-electron chi connectivity index (χ3n) is 3.15. The summed E-state index contributed by atoms with van der Waals surface area (Å²) in [6.07, 6.45) is -1.38. The van der Waals surface area contributed by atoms with Crippen molar-refractivity contribution in [2.45, 2.75) is 26.0 Å². The summed E-state index contributed by atoms with van der Waals surface area (Å²) >= 11 is 0. The summed E-state index contributed by atoms with van der Waals surface area (Å²) in [4.78, 5) is 22.8. The van der Waals surface area contributed by atoms with Crippen molar-refractivity contribution in [2.75, 3.05) is 19.0 Å². The van der Waals surface area contributed by atoms with Crippen LogP contribution in [-0.4, -0.2) is 35.4 Å². The Morgan fingerprint density at radius 1 is 1.50 bits per heavy atom. The molecule has 2 aromatic rings. The molecule has 2 rings (SSSR count). The van der Waals surface area contributed by atoms with E-state index in [1.54, 1.807) is 13.8 Å². The number of benzene rings is 1. The monoisotopic (exact) mass is 312 g/mol. The average Bonchev–Trinajstić information content (AvgIpc) is 2.80. The molecule has 0 radical (unpaired) electrons. The number of methoxy groups -OCH3 is 1. The third-order valence-corrected chi connectivity index (χ3v) is 3.15. The molecule has 0 unspecified atom stereocenters. The number of hydrogen-bond acceptors (Lipinski definition) is 6. The molecule has 0 saturated carbocycles. The van der Waals surface area contributed by atoms with Crippen LogP contribution in [0.5, 0.6) is 0 Å². The van der Waals surface area contributed by atoms with Gasteiger partial charge in [0.2, 0.25) is 0 Å². The summed E-state index contributed by atoms with van der Waals surface area (Å²) < 4.78 is 24.8. The summed E-state index contributed by atoms with van der Waals surface area (Å²) in [5, 5.41) is 12.2. The molecule has 0 aliphatic carbocycles. The number of ether oxygens (including phenoxy) is 1. The summed E-state index contributed by atoms with van der Waals surface area (Å²) in [6.45, 7) is 3.33. The van der Waals surface area contributed by atoms with Gasteiger partial charge in [-0.15, -0.1) is 0 Å². The summed E-state index contributed by atoms with van der Waals surface area (Å²) in [5.74, 6) is -2.07. The molecule has 2 N–H and O–H groups in total. The van der Waals surface area contributed by atoms with E-state index in [0.717, 1.165) is 7.11 Å². The lowest BCUT2D eigenvalue weighted by atomic mass is 10.2. The van der Waals surface area contributed by atoms with E-state index in [4.69, 9.17) is 4.42 Å². The number of aliphatic hydroxyl groups is 1. The molecule has 1 heterocycles. The maximum atomic E-state index is 14.2. The van der Waals surface area contributed by atoms with Gasteiger partial charge < -0.3 is 19.6 Å². The van der Waals surface area contributed by atoms with Gasteiger partial charge in [0.15, 0.2) is 17.5 Å². The molecular formula is C14H17FN2O5. The van der Waals surface area contributed by atoms with Crippen LogP contribution < -0.4 is 11.1 Å². The number of aliphatic hydroxyl groups excluding tert-OH is 1. The number of esters is 1. The lowest BCUT2D eigenvalue weighted by Crippen LogP contribution is -2.29. The Balaban J connectivity index is 2.31. The van der Waals surface area contributed by atoms with Crippen LogP contribution in [-0.2, 0) is 9.53 Å². The highest BCUT2D eigenvalue weighted by atomic mass is 19.1. The van der Waals surface area contributed by atoms with Gasteiger partial charge in [-0.05, 0) is 19.9 Å². The second kappa shape index (κ2) is 6.18. The number of aromatic nitrogens is 1. The third kappa shape index (κ3) is 2.96. The van der Waals surface area contributed by atoms with Gasteiger partial charge in [0.25, 0.3) is 0 Å². The summed E-state index contributed by atoms with van der Waals surface area (Å²) in [7, 11) is 1.15. The van der Waals surface area contributed by atoms with Crippen molar-refractivity contribution in [1.82, 2.24) is 4.57 Å². The summed E-state index contributed by atoms with van der Waals surface area (Å²) in [6, 6.07) is 2.35. The Labute approximate surface area is 125 Å². The molecule has 0 aliphatic heterocycles. The zero-order chi connectivity index (χ0) is 16.4. The van der Waals surface area contributed by atoms with Gasteiger partial charge >= 0.3 is 11.7 Å².